The molecule has 0 bridgehead atoms. The van der Waals surface area contributed by atoms with Gasteiger partial charge in [-0.2, -0.15) is 9.29 Å². The standard InChI is InChI=1S/C48H81N3O16P2/c1-3-5-7-8-9-10-11-12-13-14-15-18-21-24-28-32-43(53)62-36-40(65-44(54)33-29-25-22-19-16-17-20-23-27-31-39(52)30-26-6-4-2)37-63-68(58,59)67-69(60,61)64-38-41-45(55)46(56)47(66-41)51-35-34-42(49)50-48(51)57/h10-11,20,23,27,31,34-35,40-41,45-47,55-56H,3-9,12-19,21-22,24-26,28-30,32-33,36-38H2,1-2H3,(H,58,59)(H,60,61)(H2,49,50,57)/b11-10-,23-20-,31-27+/t40-,41-,45-,46-,47-/m1/s1. The lowest BCUT2D eigenvalue weighted by Crippen LogP contribution is -2.36. The van der Waals surface area contributed by atoms with E-state index < -0.39 is 83.7 Å². The molecule has 1 aliphatic heterocycles. The number of nitrogens with zero attached hydrogens (tertiary/aromatic N) is 2. The predicted octanol–water partition coefficient (Wildman–Crippen LogP) is 9.18. The number of phosphoric acid groups is 2. The van der Waals surface area contributed by atoms with Crippen LogP contribution in [0.4, 0.5) is 5.82 Å². The minimum Gasteiger partial charge on any atom is -0.462 e. The largest absolute Gasteiger partial charge is 0.481 e. The first-order valence-corrected chi connectivity index (χ1v) is 27.9. The van der Waals surface area contributed by atoms with Crippen molar-refractivity contribution in [3.05, 3.63) is 59.2 Å². The second-order valence-electron chi connectivity index (χ2n) is 17.3. The van der Waals surface area contributed by atoms with Crippen LogP contribution in [0.25, 0.3) is 0 Å². The zero-order chi connectivity index (χ0) is 50.8. The van der Waals surface area contributed by atoms with Gasteiger partial charge in [-0.1, -0.05) is 128 Å². The average Bonchev–Trinajstić information content (AvgIpc) is 3.58. The van der Waals surface area contributed by atoms with Crippen LogP contribution in [-0.2, 0) is 51.1 Å². The van der Waals surface area contributed by atoms with Crippen molar-refractivity contribution in [2.75, 3.05) is 25.6 Å². The van der Waals surface area contributed by atoms with Gasteiger partial charge in [0.1, 0.15) is 30.7 Å². The van der Waals surface area contributed by atoms with Crippen molar-refractivity contribution in [3.63, 3.8) is 0 Å². The number of aliphatic hydroxyl groups is 2. The lowest BCUT2D eigenvalue weighted by atomic mass is 10.1. The Morgan fingerprint density at radius 1 is 0.725 bits per heavy atom. The number of nitrogen functional groups attached to an aromatic ring is 1. The topological polar surface area (TPSA) is 283 Å². The van der Waals surface area contributed by atoms with Crippen molar-refractivity contribution in [2.24, 2.45) is 0 Å². The van der Waals surface area contributed by atoms with Gasteiger partial charge < -0.3 is 39.9 Å². The van der Waals surface area contributed by atoms with Crippen LogP contribution in [0.2, 0.25) is 0 Å². The minimum atomic E-state index is -5.44. The summed E-state index contributed by atoms with van der Waals surface area (Å²) in [5.74, 6) is -1.24. The van der Waals surface area contributed by atoms with E-state index in [-0.39, 0.29) is 24.4 Å². The summed E-state index contributed by atoms with van der Waals surface area (Å²) in [4.78, 5) is 73.7. The van der Waals surface area contributed by atoms with Gasteiger partial charge in [0, 0.05) is 25.5 Å². The number of anilines is 1. The fraction of sp³-hybridized carbons (Fsp3) is 0.729. The molecule has 1 aliphatic rings. The van der Waals surface area contributed by atoms with Crippen molar-refractivity contribution in [1.82, 2.24) is 9.55 Å². The van der Waals surface area contributed by atoms with E-state index in [4.69, 9.17) is 29.0 Å². The fourth-order valence-corrected chi connectivity index (χ4v) is 9.34. The summed E-state index contributed by atoms with van der Waals surface area (Å²) in [7, 11) is -10.9. The maximum absolute atomic E-state index is 12.8. The molecule has 19 nitrogen and oxygen atoms in total. The first-order valence-electron chi connectivity index (χ1n) is 25.0. The van der Waals surface area contributed by atoms with E-state index in [2.05, 4.69) is 35.3 Å². The Bertz CT molecular complexity index is 1860. The van der Waals surface area contributed by atoms with Crippen LogP contribution in [0, 0.1) is 0 Å². The average molecular weight is 1020 g/mol. The molecule has 6 N–H and O–H groups in total. The van der Waals surface area contributed by atoms with E-state index in [0.29, 0.717) is 19.3 Å². The Balaban J connectivity index is 1.83. The molecule has 1 fully saturated rings. The van der Waals surface area contributed by atoms with E-state index >= 15 is 0 Å². The highest BCUT2D eigenvalue weighted by Crippen LogP contribution is 2.60. The van der Waals surface area contributed by atoms with Gasteiger partial charge in [0.25, 0.3) is 0 Å². The number of phosphoric ester groups is 2. The predicted molar refractivity (Wildman–Crippen MR) is 262 cm³/mol. The van der Waals surface area contributed by atoms with Crippen LogP contribution in [0.1, 0.15) is 181 Å². The molecule has 0 amide bonds. The molecule has 2 unspecified atom stereocenters. The quantitative estimate of drug-likeness (QED) is 0.0102. The van der Waals surface area contributed by atoms with Crippen molar-refractivity contribution >= 4 is 39.2 Å². The molecule has 7 atom stereocenters. The molecule has 0 aliphatic carbocycles. The second-order valence-corrected chi connectivity index (χ2v) is 20.4. The molecule has 1 aromatic rings. The Morgan fingerprint density at radius 3 is 1.88 bits per heavy atom. The number of nitrogens with two attached hydrogens (primary N) is 1. The summed E-state index contributed by atoms with van der Waals surface area (Å²) in [6, 6.07) is 1.24. The summed E-state index contributed by atoms with van der Waals surface area (Å²) in [5.41, 5.74) is 4.57. The highest BCUT2D eigenvalue weighted by atomic mass is 31.3. The summed E-state index contributed by atoms with van der Waals surface area (Å²) in [6.45, 7) is 1.94. The molecule has 1 aromatic heterocycles. The number of carbonyl (C=O) groups excluding carboxylic acids is 3. The monoisotopic (exact) mass is 1020 g/mol. The summed E-state index contributed by atoms with van der Waals surface area (Å²) >= 11 is 0. The molecule has 394 valence electrons. The van der Waals surface area contributed by atoms with Crippen LogP contribution in [0.15, 0.2) is 53.5 Å². The third-order valence-electron chi connectivity index (χ3n) is 11.2. The van der Waals surface area contributed by atoms with Crippen LogP contribution in [-0.4, -0.2) is 91.5 Å². The van der Waals surface area contributed by atoms with Gasteiger partial charge in [-0.25, -0.2) is 13.9 Å². The van der Waals surface area contributed by atoms with E-state index in [1.165, 1.54) is 31.7 Å². The van der Waals surface area contributed by atoms with Crippen LogP contribution in [0.3, 0.4) is 0 Å². The molecule has 0 aromatic carbocycles. The number of ketones is 1. The third-order valence-corrected chi connectivity index (χ3v) is 13.8. The Kier molecular flexibility index (Phi) is 32.7. The first-order chi connectivity index (χ1) is 33.1. The van der Waals surface area contributed by atoms with Crippen LogP contribution < -0.4 is 11.4 Å². The molecule has 2 heterocycles. The van der Waals surface area contributed by atoms with Gasteiger partial charge in [0.15, 0.2) is 18.1 Å². The lowest BCUT2D eigenvalue weighted by Gasteiger charge is -2.21. The van der Waals surface area contributed by atoms with Gasteiger partial charge in [0.05, 0.1) is 13.2 Å². The van der Waals surface area contributed by atoms with Crippen LogP contribution in [0.5, 0.6) is 0 Å². The highest BCUT2D eigenvalue weighted by Gasteiger charge is 2.46. The molecular weight excluding hydrogens is 936 g/mol. The smallest absolute Gasteiger partial charge is 0.462 e. The molecule has 0 spiro atoms. The van der Waals surface area contributed by atoms with E-state index in [0.717, 1.165) is 113 Å². The zero-order valence-electron chi connectivity index (χ0n) is 40.9. The number of aliphatic hydroxyl groups excluding tert-OH is 2. The fourth-order valence-electron chi connectivity index (χ4n) is 7.23. The number of allylic oxidation sites excluding steroid dienone is 6. The maximum Gasteiger partial charge on any atom is 0.481 e. The van der Waals surface area contributed by atoms with Gasteiger partial charge >= 0.3 is 33.3 Å². The van der Waals surface area contributed by atoms with Crippen molar-refractivity contribution in [1.29, 1.82) is 0 Å². The molecule has 0 radical (unpaired) electrons. The Morgan fingerprint density at radius 2 is 1.26 bits per heavy atom. The number of unbranched alkanes of at least 4 members (excludes halogenated alkanes) is 18. The van der Waals surface area contributed by atoms with Crippen molar-refractivity contribution < 1.29 is 71.1 Å². The first kappa shape index (κ1) is 61.8. The summed E-state index contributed by atoms with van der Waals surface area (Å²) in [6.07, 6.45) is 27.8. The van der Waals surface area contributed by atoms with E-state index in [1.54, 1.807) is 12.2 Å². The SMILES string of the molecule is CCCCCC/C=C\CCCCCCCCCC(=O)OC[C@H](COP(=O)(O)OP(=O)(O)OC[C@H]1O[C@@H](n2ccc(N)nc2=O)[C@H](O)[C@@H]1O)OC(=O)CCCCCCC/C=C\C=C\C(=O)CCCCC. The molecule has 0 saturated carbocycles. The van der Waals surface area contributed by atoms with Gasteiger partial charge in [-0.15, -0.1) is 0 Å². The molecular formula is C48H81N3O16P2. The van der Waals surface area contributed by atoms with Gasteiger partial charge in [-0.05, 0) is 69.9 Å². The number of carbonyl (C=O) groups is 3. The Hall–Kier alpha value is -3.35. The normalized spacial score (nSPS) is 19.6. The van der Waals surface area contributed by atoms with Crippen molar-refractivity contribution in [3.8, 4) is 0 Å². The zero-order valence-corrected chi connectivity index (χ0v) is 42.6. The number of ether oxygens (including phenoxy) is 3. The van der Waals surface area contributed by atoms with Crippen molar-refractivity contribution in [2.45, 2.75) is 205 Å². The van der Waals surface area contributed by atoms with Gasteiger partial charge in [0.2, 0.25) is 0 Å². The summed E-state index contributed by atoms with van der Waals surface area (Å²) in [5, 5.41) is 20.9. The minimum absolute atomic E-state index is 0.00165. The number of hydrogen-bond donors (Lipinski definition) is 5. The van der Waals surface area contributed by atoms with E-state index in [9.17, 15) is 48.3 Å². The molecule has 69 heavy (non-hydrogen) atoms. The second kappa shape index (κ2) is 36.6. The number of hydrogen-bond acceptors (Lipinski definition) is 16. The summed E-state index contributed by atoms with van der Waals surface area (Å²) < 4.78 is 56.7. The molecule has 21 heteroatoms. The van der Waals surface area contributed by atoms with Crippen LogP contribution >= 0.6 is 15.6 Å². The van der Waals surface area contributed by atoms with E-state index in [1.807, 2.05) is 12.2 Å². The van der Waals surface area contributed by atoms with Gasteiger partial charge in [-0.3, -0.25) is 28.0 Å². The number of rotatable bonds is 41. The molecule has 1 saturated heterocycles. The number of esters is 2. The third kappa shape index (κ3) is 29.6. The highest BCUT2D eigenvalue weighted by molar-refractivity contribution is 7.61. The molecule has 2 rings (SSSR count). The lowest BCUT2D eigenvalue weighted by molar-refractivity contribution is -0.161. The number of aromatic nitrogens is 2. The maximum atomic E-state index is 12.8. The Labute approximate surface area is 408 Å².